The molecule has 1 saturated heterocycles. The van der Waals surface area contributed by atoms with Gasteiger partial charge in [-0.05, 0) is 44.4 Å². The minimum absolute atomic E-state index is 0.0945. The summed E-state index contributed by atoms with van der Waals surface area (Å²) < 4.78 is 0.864. The van der Waals surface area contributed by atoms with Gasteiger partial charge >= 0.3 is 0 Å². The predicted molar refractivity (Wildman–Crippen MR) is 90.1 cm³/mol. The number of carbonyl (C=O) groups excluding carboxylic acids is 1. The molecule has 3 nitrogen and oxygen atoms in total. The third-order valence-corrected chi connectivity index (χ3v) is 5.04. The van der Waals surface area contributed by atoms with Crippen LogP contribution in [0.4, 0.5) is 0 Å². The molecule has 0 aliphatic carbocycles. The summed E-state index contributed by atoms with van der Waals surface area (Å²) >= 11 is 9.42. The molecule has 1 aromatic rings. The monoisotopic (exact) mass is 373 g/mol. The van der Waals surface area contributed by atoms with E-state index in [4.69, 9.17) is 11.6 Å². The van der Waals surface area contributed by atoms with Crippen LogP contribution in [0, 0.1) is 0 Å². The molecule has 0 bridgehead atoms. The lowest BCUT2D eigenvalue weighted by molar-refractivity contribution is -0.928. The molecule has 0 aromatic heterocycles. The molecular formula is C16H23BrClN2O+. The van der Waals surface area contributed by atoms with Gasteiger partial charge in [-0.25, -0.2) is 0 Å². The first-order valence-electron chi connectivity index (χ1n) is 7.66. The molecule has 21 heavy (non-hydrogen) atoms. The number of amides is 1. The number of piperidine rings is 1. The van der Waals surface area contributed by atoms with Crippen molar-refractivity contribution in [1.29, 1.82) is 0 Å². The van der Waals surface area contributed by atoms with Gasteiger partial charge in [0.05, 0.1) is 29.7 Å². The molecule has 1 heterocycles. The van der Waals surface area contributed by atoms with Gasteiger partial charge in [0, 0.05) is 17.4 Å². The van der Waals surface area contributed by atoms with Gasteiger partial charge in [-0.2, -0.15) is 0 Å². The van der Waals surface area contributed by atoms with E-state index < -0.39 is 0 Å². The molecule has 116 valence electrons. The number of quaternary nitrogens is 1. The van der Waals surface area contributed by atoms with E-state index in [1.165, 1.54) is 25.8 Å². The number of nitrogens with one attached hydrogen (secondary N) is 2. The van der Waals surface area contributed by atoms with E-state index in [9.17, 15) is 4.79 Å². The summed E-state index contributed by atoms with van der Waals surface area (Å²) in [6.07, 6.45) is 5.04. The standard InChI is InChI=1S/C16H22BrClN2O/c1-12-5-2-3-9-20(12)10-4-8-19-16(21)14-11-13(17)6-7-15(14)18/h6-7,11-12H,2-5,8-10H2,1H3,(H,19,21)/p+1/t12-/m0/s1. The van der Waals surface area contributed by atoms with Gasteiger partial charge < -0.3 is 10.2 Å². The molecule has 1 aromatic carbocycles. The molecule has 0 saturated carbocycles. The molecule has 1 aliphatic rings. The Kier molecular flexibility index (Phi) is 6.52. The number of carbonyl (C=O) groups is 1. The lowest BCUT2D eigenvalue weighted by atomic mass is 10.0. The lowest BCUT2D eigenvalue weighted by Gasteiger charge is -2.30. The van der Waals surface area contributed by atoms with Crippen molar-refractivity contribution in [2.75, 3.05) is 19.6 Å². The second kappa shape index (κ2) is 8.16. The first-order chi connectivity index (χ1) is 10.1. The number of hydrogen-bond donors (Lipinski definition) is 2. The first kappa shape index (κ1) is 16.8. The fourth-order valence-electron chi connectivity index (χ4n) is 2.91. The van der Waals surface area contributed by atoms with Crippen LogP contribution in [0.15, 0.2) is 22.7 Å². The van der Waals surface area contributed by atoms with Gasteiger partial charge in [0.25, 0.3) is 5.91 Å². The van der Waals surface area contributed by atoms with E-state index in [1.807, 2.05) is 6.07 Å². The van der Waals surface area contributed by atoms with E-state index in [1.54, 1.807) is 17.0 Å². The minimum atomic E-state index is -0.0945. The number of likely N-dealkylation sites (tertiary alicyclic amines) is 1. The fraction of sp³-hybridized carbons (Fsp3) is 0.562. The third-order valence-electron chi connectivity index (χ3n) is 4.22. The Morgan fingerprint density at radius 1 is 1.48 bits per heavy atom. The van der Waals surface area contributed by atoms with Crippen LogP contribution in [0.25, 0.3) is 0 Å². The smallest absolute Gasteiger partial charge is 0.252 e. The summed E-state index contributed by atoms with van der Waals surface area (Å²) in [6.45, 7) is 5.44. The van der Waals surface area contributed by atoms with Crippen LogP contribution in [0.1, 0.15) is 43.0 Å². The molecular weight excluding hydrogens is 352 g/mol. The quantitative estimate of drug-likeness (QED) is 0.763. The highest BCUT2D eigenvalue weighted by Crippen LogP contribution is 2.20. The molecule has 0 spiro atoms. The highest BCUT2D eigenvalue weighted by atomic mass is 79.9. The Morgan fingerprint density at radius 2 is 2.29 bits per heavy atom. The first-order valence-corrected chi connectivity index (χ1v) is 8.83. The minimum Gasteiger partial charge on any atom is -0.352 e. The summed E-state index contributed by atoms with van der Waals surface area (Å²) in [4.78, 5) is 13.8. The Morgan fingerprint density at radius 3 is 3.05 bits per heavy atom. The van der Waals surface area contributed by atoms with Crippen molar-refractivity contribution in [3.63, 3.8) is 0 Å². The molecule has 1 amide bonds. The predicted octanol–water partition coefficient (Wildman–Crippen LogP) is 2.68. The summed E-state index contributed by atoms with van der Waals surface area (Å²) in [7, 11) is 0. The lowest BCUT2D eigenvalue weighted by Crippen LogP contribution is -3.16. The van der Waals surface area contributed by atoms with E-state index >= 15 is 0 Å². The van der Waals surface area contributed by atoms with Crippen LogP contribution in [-0.2, 0) is 0 Å². The van der Waals surface area contributed by atoms with Crippen molar-refractivity contribution in [2.24, 2.45) is 0 Å². The number of benzene rings is 1. The van der Waals surface area contributed by atoms with Crippen LogP contribution in [0.2, 0.25) is 5.02 Å². The van der Waals surface area contributed by atoms with Crippen molar-refractivity contribution in [1.82, 2.24) is 5.32 Å². The fourth-order valence-corrected chi connectivity index (χ4v) is 3.47. The molecule has 0 radical (unpaired) electrons. The average molecular weight is 375 g/mol. The summed E-state index contributed by atoms with van der Waals surface area (Å²) in [5, 5.41) is 3.46. The molecule has 1 unspecified atom stereocenters. The average Bonchev–Trinajstić information content (AvgIpc) is 2.47. The van der Waals surface area contributed by atoms with Gasteiger partial charge in [0.1, 0.15) is 0 Å². The van der Waals surface area contributed by atoms with Crippen molar-refractivity contribution in [3.05, 3.63) is 33.3 Å². The zero-order chi connectivity index (χ0) is 15.2. The van der Waals surface area contributed by atoms with Crippen LogP contribution in [-0.4, -0.2) is 31.6 Å². The molecule has 1 aliphatic heterocycles. The summed E-state index contributed by atoms with van der Waals surface area (Å²) in [6, 6.07) is 6.09. The number of hydrogen-bond acceptors (Lipinski definition) is 1. The second-order valence-corrected chi connectivity index (χ2v) is 7.11. The normalized spacial score (nSPS) is 22.0. The van der Waals surface area contributed by atoms with Crippen LogP contribution < -0.4 is 10.2 Å². The molecule has 5 heteroatoms. The Bertz CT molecular complexity index is 495. The SMILES string of the molecule is C[C@H]1CCCC[NH+]1CCCNC(=O)c1cc(Br)ccc1Cl. The highest BCUT2D eigenvalue weighted by molar-refractivity contribution is 9.10. The maximum absolute atomic E-state index is 12.1. The van der Waals surface area contributed by atoms with Crippen molar-refractivity contribution in [3.8, 4) is 0 Å². The van der Waals surface area contributed by atoms with Crippen molar-refractivity contribution >= 4 is 33.4 Å². The Balaban J connectivity index is 1.75. The maximum Gasteiger partial charge on any atom is 0.252 e. The molecule has 2 N–H and O–H groups in total. The highest BCUT2D eigenvalue weighted by Gasteiger charge is 2.21. The molecule has 2 atom stereocenters. The van der Waals surface area contributed by atoms with Crippen LogP contribution in [0.3, 0.4) is 0 Å². The number of halogens is 2. The van der Waals surface area contributed by atoms with Gasteiger partial charge in [0.2, 0.25) is 0 Å². The van der Waals surface area contributed by atoms with Gasteiger partial charge in [0.15, 0.2) is 0 Å². The Labute approximate surface area is 140 Å². The summed E-state index contributed by atoms with van der Waals surface area (Å²) in [5.74, 6) is -0.0945. The summed E-state index contributed by atoms with van der Waals surface area (Å²) in [5.41, 5.74) is 0.532. The van der Waals surface area contributed by atoms with Gasteiger partial charge in [-0.3, -0.25) is 4.79 Å². The van der Waals surface area contributed by atoms with E-state index in [-0.39, 0.29) is 5.91 Å². The Hall–Kier alpha value is -0.580. The van der Waals surface area contributed by atoms with Gasteiger partial charge in [-0.15, -0.1) is 0 Å². The molecule has 2 rings (SSSR count). The number of rotatable bonds is 5. The van der Waals surface area contributed by atoms with E-state index in [2.05, 4.69) is 28.2 Å². The maximum atomic E-state index is 12.1. The third kappa shape index (κ3) is 4.97. The molecule has 1 fully saturated rings. The van der Waals surface area contributed by atoms with E-state index in [0.717, 1.165) is 23.5 Å². The van der Waals surface area contributed by atoms with Crippen molar-refractivity contribution in [2.45, 2.75) is 38.6 Å². The topological polar surface area (TPSA) is 33.5 Å². The van der Waals surface area contributed by atoms with Crippen molar-refractivity contribution < 1.29 is 9.69 Å². The largest absolute Gasteiger partial charge is 0.352 e. The second-order valence-electron chi connectivity index (χ2n) is 5.79. The van der Waals surface area contributed by atoms with Crippen LogP contribution in [0.5, 0.6) is 0 Å². The zero-order valence-corrected chi connectivity index (χ0v) is 14.8. The van der Waals surface area contributed by atoms with Crippen LogP contribution >= 0.6 is 27.5 Å². The van der Waals surface area contributed by atoms with Gasteiger partial charge in [-0.1, -0.05) is 27.5 Å². The van der Waals surface area contributed by atoms with E-state index in [0.29, 0.717) is 17.1 Å². The zero-order valence-electron chi connectivity index (χ0n) is 12.4.